The first kappa shape index (κ1) is 15.0. The van der Waals surface area contributed by atoms with E-state index in [9.17, 15) is 9.59 Å². The topological polar surface area (TPSA) is 64.6 Å². The van der Waals surface area contributed by atoms with E-state index in [1.54, 1.807) is 14.0 Å². The molecule has 5 nitrogen and oxygen atoms in total. The molecule has 1 saturated carbocycles. The van der Waals surface area contributed by atoms with Crippen LogP contribution in [0.3, 0.4) is 0 Å². The van der Waals surface area contributed by atoms with Crippen LogP contribution in [0, 0.1) is 5.41 Å². The van der Waals surface area contributed by atoms with Gasteiger partial charge in [0.25, 0.3) is 0 Å². The summed E-state index contributed by atoms with van der Waals surface area (Å²) in [4.78, 5) is 22.6. The Morgan fingerprint density at radius 3 is 2.56 bits per heavy atom. The van der Waals surface area contributed by atoms with Gasteiger partial charge in [0.05, 0.1) is 13.0 Å². The summed E-state index contributed by atoms with van der Waals surface area (Å²) < 4.78 is 9.82. The summed E-state index contributed by atoms with van der Waals surface area (Å²) >= 11 is 0. The number of hydrogen-bond donors (Lipinski definition) is 1. The molecule has 0 saturated heterocycles. The molecule has 0 aliphatic heterocycles. The van der Waals surface area contributed by atoms with E-state index >= 15 is 0 Å². The molecule has 0 radical (unpaired) electrons. The van der Waals surface area contributed by atoms with E-state index in [2.05, 4.69) is 5.32 Å². The number of nitrogens with one attached hydrogen (secondary N) is 1. The monoisotopic (exact) mass is 257 g/mol. The average molecular weight is 257 g/mol. The van der Waals surface area contributed by atoms with Gasteiger partial charge in [-0.25, -0.2) is 0 Å². The molecule has 5 heteroatoms. The maximum atomic E-state index is 11.5. The highest BCUT2D eigenvalue weighted by atomic mass is 16.5. The van der Waals surface area contributed by atoms with Crippen LogP contribution in [0.5, 0.6) is 0 Å². The minimum Gasteiger partial charge on any atom is -0.466 e. The smallest absolute Gasteiger partial charge is 0.306 e. The molecule has 1 aliphatic carbocycles. The highest BCUT2D eigenvalue weighted by Crippen LogP contribution is 2.48. The standard InChI is InChI=1S/C13H23NO4/c1-3-18-12(16)5-4-11(15)14-10-13(6-7-13)8-9-17-2/h3-10H2,1-2H3,(H,14,15). The van der Waals surface area contributed by atoms with Crippen molar-refractivity contribution in [3.63, 3.8) is 0 Å². The Kier molecular flexibility index (Phi) is 6.12. The number of ether oxygens (including phenoxy) is 2. The lowest BCUT2D eigenvalue weighted by molar-refractivity contribution is -0.144. The van der Waals surface area contributed by atoms with Gasteiger partial charge in [0.15, 0.2) is 0 Å². The molecule has 0 atom stereocenters. The summed E-state index contributed by atoms with van der Waals surface area (Å²) in [7, 11) is 1.69. The Morgan fingerprint density at radius 1 is 1.28 bits per heavy atom. The molecule has 1 fully saturated rings. The van der Waals surface area contributed by atoms with E-state index in [0.717, 1.165) is 25.9 Å². The van der Waals surface area contributed by atoms with Crippen LogP contribution in [-0.4, -0.2) is 38.7 Å². The van der Waals surface area contributed by atoms with Crippen LogP contribution in [0.25, 0.3) is 0 Å². The van der Waals surface area contributed by atoms with Crippen LogP contribution >= 0.6 is 0 Å². The third-order valence-corrected chi connectivity index (χ3v) is 3.32. The highest BCUT2D eigenvalue weighted by Gasteiger charge is 2.41. The molecule has 1 rings (SSSR count). The molecule has 1 N–H and O–H groups in total. The second-order valence-electron chi connectivity index (χ2n) is 4.82. The molecule has 104 valence electrons. The van der Waals surface area contributed by atoms with Crippen LogP contribution in [0.15, 0.2) is 0 Å². The first-order valence-electron chi connectivity index (χ1n) is 6.53. The van der Waals surface area contributed by atoms with Gasteiger partial charge in [0.1, 0.15) is 0 Å². The third kappa shape index (κ3) is 5.49. The second kappa shape index (κ2) is 7.36. The van der Waals surface area contributed by atoms with Gasteiger partial charge in [0, 0.05) is 26.7 Å². The fraction of sp³-hybridized carbons (Fsp3) is 0.846. The molecule has 0 heterocycles. The number of carbonyl (C=O) groups is 2. The SMILES string of the molecule is CCOC(=O)CCC(=O)NCC1(CCOC)CC1. The summed E-state index contributed by atoms with van der Waals surface area (Å²) in [5.41, 5.74) is 0.246. The van der Waals surface area contributed by atoms with Gasteiger partial charge in [-0.15, -0.1) is 0 Å². The highest BCUT2D eigenvalue weighted by molar-refractivity contribution is 5.81. The van der Waals surface area contributed by atoms with Gasteiger partial charge in [-0.05, 0) is 31.6 Å². The molecular weight excluding hydrogens is 234 g/mol. The Labute approximate surface area is 108 Å². The van der Waals surface area contributed by atoms with Gasteiger partial charge in [-0.2, -0.15) is 0 Å². The van der Waals surface area contributed by atoms with Crippen LogP contribution in [-0.2, 0) is 19.1 Å². The molecule has 1 aliphatic rings. The predicted molar refractivity (Wildman–Crippen MR) is 67.0 cm³/mol. The number of hydrogen-bond acceptors (Lipinski definition) is 4. The van der Waals surface area contributed by atoms with E-state index in [0.29, 0.717) is 13.2 Å². The molecule has 0 aromatic carbocycles. The van der Waals surface area contributed by atoms with E-state index in [1.165, 1.54) is 0 Å². The number of amides is 1. The van der Waals surface area contributed by atoms with Crippen molar-refractivity contribution >= 4 is 11.9 Å². The zero-order chi connectivity index (χ0) is 13.4. The number of carbonyl (C=O) groups excluding carboxylic acids is 2. The molecular formula is C13H23NO4. The predicted octanol–water partition coefficient (Wildman–Crippen LogP) is 1.26. The summed E-state index contributed by atoms with van der Waals surface area (Å²) in [5, 5.41) is 2.89. The van der Waals surface area contributed by atoms with Crippen molar-refractivity contribution in [3.8, 4) is 0 Å². The van der Waals surface area contributed by atoms with Crippen molar-refractivity contribution in [3.05, 3.63) is 0 Å². The van der Waals surface area contributed by atoms with E-state index in [1.807, 2.05) is 0 Å². The molecule has 1 amide bonds. The zero-order valence-corrected chi connectivity index (χ0v) is 11.3. The molecule has 0 aromatic heterocycles. The van der Waals surface area contributed by atoms with E-state index in [-0.39, 0.29) is 30.1 Å². The molecule has 0 spiro atoms. The van der Waals surface area contributed by atoms with Crippen LogP contribution < -0.4 is 5.32 Å². The van der Waals surface area contributed by atoms with Crippen molar-refractivity contribution in [2.24, 2.45) is 5.41 Å². The van der Waals surface area contributed by atoms with Crippen LogP contribution in [0.2, 0.25) is 0 Å². The van der Waals surface area contributed by atoms with Gasteiger partial charge < -0.3 is 14.8 Å². The molecule has 0 bridgehead atoms. The maximum Gasteiger partial charge on any atom is 0.306 e. The van der Waals surface area contributed by atoms with Gasteiger partial charge in [0.2, 0.25) is 5.91 Å². The van der Waals surface area contributed by atoms with E-state index in [4.69, 9.17) is 9.47 Å². The lowest BCUT2D eigenvalue weighted by Gasteiger charge is -2.15. The number of rotatable bonds is 9. The Morgan fingerprint density at radius 2 is 2.00 bits per heavy atom. The van der Waals surface area contributed by atoms with Crippen molar-refractivity contribution in [2.75, 3.05) is 26.9 Å². The Balaban J connectivity index is 2.11. The van der Waals surface area contributed by atoms with Crippen molar-refractivity contribution in [2.45, 2.75) is 39.0 Å². The molecule has 0 aromatic rings. The lowest BCUT2D eigenvalue weighted by Crippen LogP contribution is -2.31. The van der Waals surface area contributed by atoms with Crippen molar-refractivity contribution in [1.82, 2.24) is 5.32 Å². The first-order chi connectivity index (χ1) is 8.62. The first-order valence-corrected chi connectivity index (χ1v) is 6.53. The number of methoxy groups -OCH3 is 1. The Bertz CT molecular complexity index is 287. The summed E-state index contributed by atoms with van der Waals surface area (Å²) in [6.07, 6.45) is 3.65. The fourth-order valence-corrected chi connectivity index (χ4v) is 1.83. The maximum absolute atomic E-state index is 11.5. The fourth-order valence-electron chi connectivity index (χ4n) is 1.83. The summed E-state index contributed by atoms with van der Waals surface area (Å²) in [5.74, 6) is -0.389. The molecule has 0 unspecified atom stereocenters. The van der Waals surface area contributed by atoms with Crippen molar-refractivity contribution in [1.29, 1.82) is 0 Å². The van der Waals surface area contributed by atoms with Crippen molar-refractivity contribution < 1.29 is 19.1 Å². The number of esters is 1. The quantitative estimate of drug-likeness (QED) is 0.632. The minimum atomic E-state index is -0.312. The Hall–Kier alpha value is -1.10. The summed E-state index contributed by atoms with van der Waals surface area (Å²) in [6, 6.07) is 0. The van der Waals surface area contributed by atoms with Crippen LogP contribution in [0.4, 0.5) is 0 Å². The third-order valence-electron chi connectivity index (χ3n) is 3.32. The van der Waals surface area contributed by atoms with E-state index < -0.39 is 0 Å². The normalized spacial score (nSPS) is 16.1. The molecule has 18 heavy (non-hydrogen) atoms. The van der Waals surface area contributed by atoms with Crippen LogP contribution in [0.1, 0.15) is 39.0 Å². The van der Waals surface area contributed by atoms with Gasteiger partial charge in [-0.3, -0.25) is 9.59 Å². The summed E-state index contributed by atoms with van der Waals surface area (Å²) in [6.45, 7) is 3.54. The zero-order valence-electron chi connectivity index (χ0n) is 11.3. The largest absolute Gasteiger partial charge is 0.466 e. The average Bonchev–Trinajstić information content (AvgIpc) is 3.12. The van der Waals surface area contributed by atoms with Gasteiger partial charge in [-0.1, -0.05) is 0 Å². The van der Waals surface area contributed by atoms with Gasteiger partial charge >= 0.3 is 5.97 Å². The lowest BCUT2D eigenvalue weighted by atomic mass is 10.0. The minimum absolute atomic E-state index is 0.0771. The second-order valence-corrected chi connectivity index (χ2v) is 4.82.